The van der Waals surface area contributed by atoms with E-state index in [0.717, 1.165) is 0 Å². The summed E-state index contributed by atoms with van der Waals surface area (Å²) in [6, 6.07) is 10.7. The minimum absolute atomic E-state index is 0.0975. The van der Waals surface area contributed by atoms with Crippen LogP contribution in [0.5, 0.6) is 11.5 Å². The maximum absolute atomic E-state index is 9.88. The third-order valence-corrected chi connectivity index (χ3v) is 2.81. The Hall–Kier alpha value is -1.46. The van der Waals surface area contributed by atoms with E-state index in [2.05, 4.69) is 15.9 Å². The Morgan fingerprint density at radius 2 is 1.94 bits per heavy atom. The molecule has 5 heteroatoms. The summed E-state index contributed by atoms with van der Waals surface area (Å²) >= 11 is 3.18. The molecule has 0 aliphatic heterocycles. The van der Waals surface area contributed by atoms with E-state index in [4.69, 9.17) is 13.9 Å². The molecular weight excluding hydrogens is 300 g/mol. The van der Waals surface area contributed by atoms with Crippen molar-refractivity contribution in [3.8, 4) is 11.5 Å². The maximum Gasteiger partial charge on any atom is 0.169 e. The van der Waals surface area contributed by atoms with E-state index in [9.17, 15) is 5.11 Å². The van der Waals surface area contributed by atoms with Gasteiger partial charge in [-0.1, -0.05) is 12.1 Å². The number of ether oxygens (including phenoxy) is 2. The van der Waals surface area contributed by atoms with Crippen molar-refractivity contribution in [1.29, 1.82) is 0 Å². The summed E-state index contributed by atoms with van der Waals surface area (Å²) < 4.78 is 16.5. The van der Waals surface area contributed by atoms with Gasteiger partial charge in [-0.25, -0.2) is 0 Å². The first-order valence-corrected chi connectivity index (χ1v) is 6.19. The Labute approximate surface area is 113 Å². The second kappa shape index (κ2) is 5.93. The molecule has 0 bridgehead atoms. The Morgan fingerprint density at radius 1 is 1.22 bits per heavy atom. The van der Waals surface area contributed by atoms with Gasteiger partial charge in [-0.15, -0.1) is 0 Å². The molecule has 0 amide bonds. The van der Waals surface area contributed by atoms with E-state index < -0.39 is 6.10 Å². The Balaban J connectivity index is 1.99. The van der Waals surface area contributed by atoms with Gasteiger partial charge in [0.05, 0.1) is 7.11 Å². The maximum atomic E-state index is 9.88. The van der Waals surface area contributed by atoms with Crippen LogP contribution in [-0.4, -0.2) is 18.8 Å². The fourth-order valence-corrected chi connectivity index (χ4v) is 1.82. The number of halogens is 1. The zero-order chi connectivity index (χ0) is 13.0. The predicted molar refractivity (Wildman–Crippen MR) is 69.9 cm³/mol. The number of hydrogen-bond donors (Lipinski definition) is 1. The Bertz CT molecular complexity index is 509. The highest BCUT2D eigenvalue weighted by atomic mass is 79.9. The SMILES string of the molecule is COc1ccccc1OCC(O)c1ccc(Br)o1. The van der Waals surface area contributed by atoms with E-state index in [0.29, 0.717) is 21.9 Å². The summed E-state index contributed by atoms with van der Waals surface area (Å²) in [5, 5.41) is 9.88. The van der Waals surface area contributed by atoms with Crippen molar-refractivity contribution < 1.29 is 19.0 Å². The molecule has 1 unspecified atom stereocenters. The van der Waals surface area contributed by atoms with Gasteiger partial charge in [-0.3, -0.25) is 0 Å². The second-order valence-corrected chi connectivity index (χ2v) is 4.40. The molecule has 2 aromatic rings. The monoisotopic (exact) mass is 312 g/mol. The van der Waals surface area contributed by atoms with Crippen molar-refractivity contribution in [1.82, 2.24) is 0 Å². The first kappa shape index (κ1) is 13.0. The standard InChI is InChI=1S/C13H13BrO4/c1-16-11-4-2-3-5-12(11)17-8-9(15)10-6-7-13(14)18-10/h2-7,9,15H,8H2,1H3. The molecule has 0 radical (unpaired) electrons. The largest absolute Gasteiger partial charge is 0.493 e. The minimum Gasteiger partial charge on any atom is -0.493 e. The zero-order valence-electron chi connectivity index (χ0n) is 9.80. The Morgan fingerprint density at radius 3 is 2.56 bits per heavy atom. The van der Waals surface area contributed by atoms with Crippen LogP contribution in [-0.2, 0) is 0 Å². The molecule has 0 aliphatic carbocycles. The molecule has 18 heavy (non-hydrogen) atoms. The second-order valence-electron chi connectivity index (χ2n) is 3.62. The first-order valence-electron chi connectivity index (χ1n) is 5.40. The van der Waals surface area contributed by atoms with Crippen LogP contribution < -0.4 is 9.47 Å². The third kappa shape index (κ3) is 3.05. The number of hydrogen-bond acceptors (Lipinski definition) is 4. The molecule has 1 atom stereocenters. The topological polar surface area (TPSA) is 51.8 Å². The van der Waals surface area contributed by atoms with Gasteiger partial charge in [0.25, 0.3) is 0 Å². The number of benzene rings is 1. The van der Waals surface area contributed by atoms with Crippen molar-refractivity contribution in [2.75, 3.05) is 13.7 Å². The van der Waals surface area contributed by atoms with Crippen molar-refractivity contribution in [3.05, 3.63) is 46.8 Å². The van der Waals surface area contributed by atoms with Crippen LogP contribution in [0.4, 0.5) is 0 Å². The van der Waals surface area contributed by atoms with E-state index in [1.165, 1.54) is 0 Å². The van der Waals surface area contributed by atoms with Crippen molar-refractivity contribution in [3.63, 3.8) is 0 Å². The highest BCUT2D eigenvalue weighted by molar-refractivity contribution is 9.10. The molecule has 1 heterocycles. The lowest BCUT2D eigenvalue weighted by atomic mass is 10.3. The lowest BCUT2D eigenvalue weighted by molar-refractivity contribution is 0.0865. The summed E-state index contributed by atoms with van der Waals surface area (Å²) in [6.07, 6.45) is -0.818. The third-order valence-electron chi connectivity index (χ3n) is 2.39. The fourth-order valence-electron chi connectivity index (χ4n) is 1.50. The van der Waals surface area contributed by atoms with Crippen LogP contribution in [0.2, 0.25) is 0 Å². The quantitative estimate of drug-likeness (QED) is 0.921. The minimum atomic E-state index is -0.818. The molecule has 96 valence electrons. The summed E-state index contributed by atoms with van der Waals surface area (Å²) in [5.74, 6) is 1.67. The number of furan rings is 1. The summed E-state index contributed by atoms with van der Waals surface area (Å²) in [7, 11) is 1.57. The molecule has 2 rings (SSSR count). The average Bonchev–Trinajstić information content (AvgIpc) is 2.83. The van der Waals surface area contributed by atoms with Crippen LogP contribution in [0.3, 0.4) is 0 Å². The van der Waals surface area contributed by atoms with Crippen LogP contribution in [0.1, 0.15) is 11.9 Å². The molecule has 4 nitrogen and oxygen atoms in total. The summed E-state index contributed by atoms with van der Waals surface area (Å²) in [4.78, 5) is 0. The summed E-state index contributed by atoms with van der Waals surface area (Å²) in [5.41, 5.74) is 0. The molecule has 0 spiro atoms. The van der Waals surface area contributed by atoms with Crippen LogP contribution in [0, 0.1) is 0 Å². The van der Waals surface area contributed by atoms with Crippen LogP contribution in [0.25, 0.3) is 0 Å². The van der Waals surface area contributed by atoms with E-state index in [1.807, 2.05) is 12.1 Å². The number of aliphatic hydroxyl groups is 1. The fraction of sp³-hybridized carbons (Fsp3) is 0.231. The van der Waals surface area contributed by atoms with Crippen LogP contribution in [0.15, 0.2) is 45.5 Å². The van der Waals surface area contributed by atoms with Gasteiger partial charge in [0.1, 0.15) is 18.5 Å². The van der Waals surface area contributed by atoms with Crippen molar-refractivity contribution >= 4 is 15.9 Å². The van der Waals surface area contributed by atoms with Crippen LogP contribution >= 0.6 is 15.9 Å². The highest BCUT2D eigenvalue weighted by Gasteiger charge is 2.13. The van der Waals surface area contributed by atoms with Crippen molar-refractivity contribution in [2.45, 2.75) is 6.10 Å². The number of para-hydroxylation sites is 2. The molecule has 1 aromatic heterocycles. The first-order chi connectivity index (χ1) is 8.70. The van der Waals surface area contributed by atoms with Gasteiger partial charge >= 0.3 is 0 Å². The van der Waals surface area contributed by atoms with Gasteiger partial charge in [-0.2, -0.15) is 0 Å². The Kier molecular flexibility index (Phi) is 4.28. The van der Waals surface area contributed by atoms with Gasteiger partial charge in [0, 0.05) is 0 Å². The molecular formula is C13H13BrO4. The van der Waals surface area contributed by atoms with E-state index >= 15 is 0 Å². The van der Waals surface area contributed by atoms with Gasteiger partial charge in [0.15, 0.2) is 16.2 Å². The highest BCUT2D eigenvalue weighted by Crippen LogP contribution is 2.27. The van der Waals surface area contributed by atoms with Gasteiger partial charge < -0.3 is 19.0 Å². The van der Waals surface area contributed by atoms with Crippen molar-refractivity contribution in [2.24, 2.45) is 0 Å². The molecule has 0 aliphatic rings. The smallest absolute Gasteiger partial charge is 0.169 e. The molecule has 1 aromatic carbocycles. The molecule has 0 fully saturated rings. The van der Waals surface area contributed by atoms with Gasteiger partial charge in [-0.05, 0) is 40.2 Å². The summed E-state index contributed by atoms with van der Waals surface area (Å²) in [6.45, 7) is 0.0975. The average molecular weight is 313 g/mol. The number of aliphatic hydroxyl groups excluding tert-OH is 1. The number of methoxy groups -OCH3 is 1. The lowest BCUT2D eigenvalue weighted by Crippen LogP contribution is -2.09. The number of rotatable bonds is 5. The predicted octanol–water partition coefficient (Wildman–Crippen LogP) is 3.16. The lowest BCUT2D eigenvalue weighted by Gasteiger charge is -2.12. The van der Waals surface area contributed by atoms with E-state index in [-0.39, 0.29) is 6.61 Å². The molecule has 1 N–H and O–H groups in total. The molecule has 0 saturated carbocycles. The molecule has 0 saturated heterocycles. The van der Waals surface area contributed by atoms with Gasteiger partial charge in [0.2, 0.25) is 0 Å². The normalized spacial score (nSPS) is 12.2. The zero-order valence-corrected chi connectivity index (χ0v) is 11.4. The van der Waals surface area contributed by atoms with E-state index in [1.54, 1.807) is 31.4 Å².